The van der Waals surface area contributed by atoms with Gasteiger partial charge in [-0.1, -0.05) is 30.8 Å². The van der Waals surface area contributed by atoms with Gasteiger partial charge >= 0.3 is 0 Å². The summed E-state index contributed by atoms with van der Waals surface area (Å²) in [5, 5.41) is 12.3. The van der Waals surface area contributed by atoms with Gasteiger partial charge in [-0.25, -0.2) is 0 Å². The van der Waals surface area contributed by atoms with Crippen molar-refractivity contribution in [3.8, 4) is 22.8 Å². The number of amides is 1. The molecule has 2 heterocycles. The molecule has 1 amide bonds. The number of hydrogen-bond acceptors (Lipinski definition) is 6. The Balaban J connectivity index is 1.55. The topological polar surface area (TPSA) is 81.9 Å². The second kappa shape index (κ2) is 10.8. The van der Waals surface area contributed by atoms with E-state index in [4.69, 9.17) is 4.74 Å². The van der Waals surface area contributed by atoms with Crippen molar-refractivity contribution in [3.05, 3.63) is 78.6 Å². The lowest BCUT2D eigenvalue weighted by atomic mass is 10.1. The number of nitrogens with zero attached hydrogens (tertiary/aromatic N) is 4. The first kappa shape index (κ1) is 22.5. The number of rotatable bonds is 9. The third-order valence-electron chi connectivity index (χ3n) is 4.94. The van der Waals surface area contributed by atoms with Crippen LogP contribution in [-0.4, -0.2) is 38.0 Å². The van der Waals surface area contributed by atoms with Crippen molar-refractivity contribution in [2.75, 3.05) is 17.7 Å². The van der Waals surface area contributed by atoms with Crippen molar-refractivity contribution in [3.63, 3.8) is 0 Å². The number of carbonyl (C=O) groups excluding carboxylic acids is 1. The lowest BCUT2D eigenvalue weighted by Gasteiger charge is -2.11. The van der Waals surface area contributed by atoms with Crippen molar-refractivity contribution < 1.29 is 9.53 Å². The normalized spacial score (nSPS) is 10.7. The first-order chi connectivity index (χ1) is 16.2. The van der Waals surface area contributed by atoms with E-state index in [9.17, 15) is 4.79 Å². The highest BCUT2D eigenvalue weighted by Crippen LogP contribution is 2.28. The quantitative estimate of drug-likeness (QED) is 0.354. The van der Waals surface area contributed by atoms with Gasteiger partial charge in [0.25, 0.3) is 0 Å². The average Bonchev–Trinajstić information content (AvgIpc) is 3.28. The SMILES string of the molecule is CCOc1ccc(-n2c(SCC(=O)Nc3ccc(CC)cc3)nnc2-c2cccnc2)cc1. The molecule has 0 spiro atoms. The molecule has 4 aromatic rings. The Labute approximate surface area is 197 Å². The number of hydrogen-bond donors (Lipinski definition) is 1. The van der Waals surface area contributed by atoms with Gasteiger partial charge in [0.15, 0.2) is 11.0 Å². The van der Waals surface area contributed by atoms with E-state index >= 15 is 0 Å². The minimum Gasteiger partial charge on any atom is -0.494 e. The van der Waals surface area contributed by atoms with E-state index in [2.05, 4.69) is 27.4 Å². The number of nitrogens with one attached hydrogen (secondary N) is 1. The number of anilines is 1. The Morgan fingerprint density at radius 3 is 2.48 bits per heavy atom. The molecule has 0 saturated heterocycles. The number of thioether (sulfide) groups is 1. The smallest absolute Gasteiger partial charge is 0.234 e. The summed E-state index contributed by atoms with van der Waals surface area (Å²) in [6.07, 6.45) is 4.43. The molecule has 0 aliphatic heterocycles. The molecule has 0 fully saturated rings. The lowest BCUT2D eigenvalue weighted by Crippen LogP contribution is -2.14. The Morgan fingerprint density at radius 2 is 1.82 bits per heavy atom. The van der Waals surface area contributed by atoms with Crippen LogP contribution in [0.5, 0.6) is 5.75 Å². The molecule has 33 heavy (non-hydrogen) atoms. The molecule has 0 unspecified atom stereocenters. The maximum Gasteiger partial charge on any atom is 0.234 e. The number of pyridine rings is 1. The molecule has 0 aliphatic rings. The molecule has 7 nitrogen and oxygen atoms in total. The van der Waals surface area contributed by atoms with Crippen molar-refractivity contribution in [1.29, 1.82) is 0 Å². The van der Waals surface area contributed by atoms with Crippen LogP contribution in [0.4, 0.5) is 5.69 Å². The maximum absolute atomic E-state index is 12.6. The second-order valence-corrected chi connectivity index (χ2v) is 8.14. The first-order valence-corrected chi connectivity index (χ1v) is 11.8. The minimum absolute atomic E-state index is 0.103. The molecule has 0 saturated carbocycles. The lowest BCUT2D eigenvalue weighted by molar-refractivity contribution is -0.113. The summed E-state index contributed by atoms with van der Waals surface area (Å²) in [5.41, 5.74) is 3.72. The first-order valence-electron chi connectivity index (χ1n) is 10.8. The van der Waals surface area contributed by atoms with E-state index in [-0.39, 0.29) is 11.7 Å². The second-order valence-electron chi connectivity index (χ2n) is 7.20. The van der Waals surface area contributed by atoms with E-state index in [1.807, 2.05) is 72.2 Å². The number of carbonyl (C=O) groups is 1. The highest BCUT2D eigenvalue weighted by molar-refractivity contribution is 7.99. The van der Waals surface area contributed by atoms with Crippen LogP contribution in [0.25, 0.3) is 17.1 Å². The zero-order chi connectivity index (χ0) is 23.0. The van der Waals surface area contributed by atoms with Gasteiger partial charge in [-0.3, -0.25) is 14.3 Å². The van der Waals surface area contributed by atoms with E-state index < -0.39 is 0 Å². The summed E-state index contributed by atoms with van der Waals surface area (Å²) < 4.78 is 7.50. The van der Waals surface area contributed by atoms with Crippen LogP contribution >= 0.6 is 11.8 Å². The fourth-order valence-electron chi connectivity index (χ4n) is 3.29. The molecule has 0 atom stereocenters. The number of aryl methyl sites for hydroxylation is 1. The van der Waals surface area contributed by atoms with Gasteiger partial charge < -0.3 is 10.1 Å². The van der Waals surface area contributed by atoms with Gasteiger partial charge in [-0.2, -0.15) is 0 Å². The highest BCUT2D eigenvalue weighted by atomic mass is 32.2. The summed E-state index contributed by atoms with van der Waals surface area (Å²) in [5.74, 6) is 1.55. The van der Waals surface area contributed by atoms with Gasteiger partial charge in [0.2, 0.25) is 5.91 Å². The molecule has 0 aliphatic carbocycles. The molecule has 1 N–H and O–H groups in total. The van der Waals surface area contributed by atoms with Gasteiger partial charge in [0.1, 0.15) is 5.75 Å². The minimum atomic E-state index is -0.103. The van der Waals surface area contributed by atoms with Gasteiger partial charge in [0.05, 0.1) is 12.4 Å². The predicted octanol–water partition coefficient (Wildman–Crippen LogP) is 5.02. The molecule has 168 valence electrons. The van der Waals surface area contributed by atoms with Gasteiger partial charge in [-0.05, 0) is 67.4 Å². The predicted molar refractivity (Wildman–Crippen MR) is 131 cm³/mol. The van der Waals surface area contributed by atoms with Gasteiger partial charge in [0, 0.05) is 29.3 Å². The molecule has 2 aromatic heterocycles. The Morgan fingerprint density at radius 1 is 1.03 bits per heavy atom. The van der Waals surface area contributed by atoms with E-state index in [0.717, 1.165) is 29.1 Å². The Hall–Kier alpha value is -3.65. The fourth-order valence-corrected chi connectivity index (χ4v) is 4.04. The molecular weight excluding hydrogens is 434 g/mol. The highest BCUT2D eigenvalue weighted by Gasteiger charge is 2.17. The van der Waals surface area contributed by atoms with Crippen LogP contribution < -0.4 is 10.1 Å². The Bertz CT molecular complexity index is 1190. The molecule has 0 bridgehead atoms. The third-order valence-corrected chi connectivity index (χ3v) is 5.87. The number of ether oxygens (including phenoxy) is 1. The zero-order valence-electron chi connectivity index (χ0n) is 18.6. The van der Waals surface area contributed by atoms with Crippen LogP contribution in [0.15, 0.2) is 78.2 Å². The van der Waals surface area contributed by atoms with Crippen LogP contribution in [-0.2, 0) is 11.2 Å². The standard InChI is InChI=1S/C25H25N5O2S/c1-3-18-7-9-20(10-8-18)27-23(31)17-33-25-29-28-24(19-6-5-15-26-16-19)30(25)21-11-13-22(14-12-21)32-4-2/h5-16H,3-4,17H2,1-2H3,(H,27,31). The zero-order valence-corrected chi connectivity index (χ0v) is 19.4. The number of benzene rings is 2. The van der Waals surface area contributed by atoms with Crippen molar-refractivity contribution in [1.82, 2.24) is 19.7 Å². The number of aromatic nitrogens is 4. The van der Waals surface area contributed by atoms with E-state index in [0.29, 0.717) is 17.6 Å². The third kappa shape index (κ3) is 5.59. The van der Waals surface area contributed by atoms with Gasteiger partial charge in [-0.15, -0.1) is 10.2 Å². The summed E-state index contributed by atoms with van der Waals surface area (Å²) in [6, 6.07) is 19.4. The van der Waals surface area contributed by atoms with E-state index in [1.54, 1.807) is 12.4 Å². The van der Waals surface area contributed by atoms with Crippen molar-refractivity contribution in [2.24, 2.45) is 0 Å². The van der Waals surface area contributed by atoms with Crippen molar-refractivity contribution in [2.45, 2.75) is 25.4 Å². The van der Waals surface area contributed by atoms with Crippen LogP contribution in [0.3, 0.4) is 0 Å². The summed E-state index contributed by atoms with van der Waals surface area (Å²) in [6.45, 7) is 4.65. The molecule has 8 heteroatoms. The molecule has 2 aromatic carbocycles. The summed E-state index contributed by atoms with van der Waals surface area (Å²) in [4.78, 5) is 16.8. The van der Waals surface area contributed by atoms with E-state index in [1.165, 1.54) is 17.3 Å². The molecule has 0 radical (unpaired) electrons. The summed E-state index contributed by atoms with van der Waals surface area (Å²) in [7, 11) is 0. The van der Waals surface area contributed by atoms with Crippen LogP contribution in [0, 0.1) is 0 Å². The monoisotopic (exact) mass is 459 g/mol. The molecular formula is C25H25N5O2S. The average molecular weight is 460 g/mol. The summed E-state index contributed by atoms with van der Waals surface area (Å²) >= 11 is 1.33. The largest absolute Gasteiger partial charge is 0.494 e. The molecule has 4 rings (SSSR count). The Kier molecular flexibility index (Phi) is 7.36. The van der Waals surface area contributed by atoms with Crippen LogP contribution in [0.1, 0.15) is 19.4 Å². The van der Waals surface area contributed by atoms with Crippen LogP contribution in [0.2, 0.25) is 0 Å². The fraction of sp³-hybridized carbons (Fsp3) is 0.200. The maximum atomic E-state index is 12.6. The van der Waals surface area contributed by atoms with Crippen molar-refractivity contribution >= 4 is 23.4 Å².